The zero-order chi connectivity index (χ0) is 16.1. The number of benzene rings is 2. The molecule has 23 heavy (non-hydrogen) atoms. The van der Waals surface area contributed by atoms with E-state index in [1.54, 1.807) is 7.11 Å². The van der Waals surface area contributed by atoms with Gasteiger partial charge in [0.15, 0.2) is 5.96 Å². The Morgan fingerprint density at radius 2 is 1.96 bits per heavy atom. The SMILES string of the molecule is COC(CN=C(N)Nc1ccc2c(c1)CCC2)c1ccccc1. The lowest BCUT2D eigenvalue weighted by Crippen LogP contribution is -2.24. The van der Waals surface area contributed by atoms with E-state index in [2.05, 4.69) is 28.5 Å². The number of hydrogen-bond acceptors (Lipinski definition) is 2. The van der Waals surface area contributed by atoms with Gasteiger partial charge in [0.25, 0.3) is 0 Å². The summed E-state index contributed by atoms with van der Waals surface area (Å²) in [6, 6.07) is 16.5. The highest BCUT2D eigenvalue weighted by Crippen LogP contribution is 2.24. The van der Waals surface area contributed by atoms with Crippen LogP contribution in [0.5, 0.6) is 0 Å². The van der Waals surface area contributed by atoms with Crippen LogP contribution in [0.2, 0.25) is 0 Å². The van der Waals surface area contributed by atoms with Crippen molar-refractivity contribution in [1.82, 2.24) is 0 Å². The Kier molecular flexibility index (Phi) is 4.93. The number of aliphatic imine (C=N–C) groups is 1. The van der Waals surface area contributed by atoms with Crippen molar-refractivity contribution in [2.24, 2.45) is 10.7 Å². The van der Waals surface area contributed by atoms with E-state index in [1.807, 2.05) is 30.3 Å². The summed E-state index contributed by atoms with van der Waals surface area (Å²) in [5.74, 6) is 0.418. The van der Waals surface area contributed by atoms with Crippen LogP contribution in [-0.4, -0.2) is 19.6 Å². The average Bonchev–Trinajstić information content (AvgIpc) is 3.04. The van der Waals surface area contributed by atoms with Crippen LogP contribution in [0.4, 0.5) is 5.69 Å². The van der Waals surface area contributed by atoms with Crippen LogP contribution in [0, 0.1) is 0 Å². The number of nitrogens with zero attached hydrogens (tertiary/aromatic N) is 1. The molecule has 2 aromatic rings. The summed E-state index contributed by atoms with van der Waals surface area (Å²) < 4.78 is 5.51. The highest BCUT2D eigenvalue weighted by Gasteiger charge is 2.12. The van der Waals surface area contributed by atoms with Crippen LogP contribution >= 0.6 is 0 Å². The third-order valence-corrected chi connectivity index (χ3v) is 4.25. The van der Waals surface area contributed by atoms with E-state index in [0.717, 1.165) is 17.7 Å². The van der Waals surface area contributed by atoms with Crippen LogP contribution in [-0.2, 0) is 17.6 Å². The fraction of sp³-hybridized carbons (Fsp3) is 0.316. The summed E-state index contributed by atoms with van der Waals surface area (Å²) in [6.45, 7) is 0.490. The number of fused-ring (bicyclic) bond motifs is 1. The summed E-state index contributed by atoms with van der Waals surface area (Å²) in [7, 11) is 1.69. The van der Waals surface area contributed by atoms with Crippen molar-refractivity contribution in [3.63, 3.8) is 0 Å². The van der Waals surface area contributed by atoms with E-state index in [0.29, 0.717) is 12.5 Å². The topological polar surface area (TPSA) is 59.6 Å². The lowest BCUT2D eigenvalue weighted by molar-refractivity contribution is 0.111. The number of nitrogens with two attached hydrogens (primary N) is 1. The molecule has 1 aliphatic rings. The highest BCUT2D eigenvalue weighted by atomic mass is 16.5. The van der Waals surface area contributed by atoms with Gasteiger partial charge in [0.05, 0.1) is 6.54 Å². The van der Waals surface area contributed by atoms with Gasteiger partial charge in [0, 0.05) is 12.8 Å². The third kappa shape index (κ3) is 3.90. The number of rotatable bonds is 5. The lowest BCUT2D eigenvalue weighted by Gasteiger charge is -2.14. The van der Waals surface area contributed by atoms with E-state index in [4.69, 9.17) is 10.5 Å². The maximum Gasteiger partial charge on any atom is 0.193 e. The van der Waals surface area contributed by atoms with E-state index in [-0.39, 0.29) is 6.10 Å². The number of ether oxygens (including phenoxy) is 1. The van der Waals surface area contributed by atoms with Crippen LogP contribution in [0.1, 0.15) is 29.2 Å². The Labute approximate surface area is 137 Å². The monoisotopic (exact) mass is 309 g/mol. The van der Waals surface area contributed by atoms with Gasteiger partial charge in [-0.3, -0.25) is 4.99 Å². The molecule has 0 fully saturated rings. The lowest BCUT2D eigenvalue weighted by atomic mass is 10.1. The summed E-state index contributed by atoms with van der Waals surface area (Å²) in [4.78, 5) is 4.42. The van der Waals surface area contributed by atoms with Gasteiger partial charge >= 0.3 is 0 Å². The minimum Gasteiger partial charge on any atom is -0.375 e. The minimum absolute atomic E-state index is 0.0865. The summed E-state index contributed by atoms with van der Waals surface area (Å²) >= 11 is 0. The summed E-state index contributed by atoms with van der Waals surface area (Å²) in [6.07, 6.45) is 3.50. The van der Waals surface area contributed by atoms with Crippen LogP contribution < -0.4 is 11.1 Å². The molecule has 0 radical (unpaired) electrons. The molecule has 3 rings (SSSR count). The van der Waals surface area contributed by atoms with Gasteiger partial charge in [0.2, 0.25) is 0 Å². The van der Waals surface area contributed by atoms with E-state index < -0.39 is 0 Å². The van der Waals surface area contributed by atoms with Gasteiger partial charge in [-0.1, -0.05) is 36.4 Å². The summed E-state index contributed by atoms with van der Waals surface area (Å²) in [5, 5.41) is 3.17. The number of hydrogen-bond donors (Lipinski definition) is 2. The quantitative estimate of drug-likeness (QED) is 0.658. The molecule has 0 bridgehead atoms. The zero-order valence-electron chi connectivity index (χ0n) is 13.5. The van der Waals surface area contributed by atoms with Crippen molar-refractivity contribution in [3.8, 4) is 0 Å². The Bertz CT molecular complexity index is 682. The zero-order valence-corrected chi connectivity index (χ0v) is 13.5. The number of guanidine groups is 1. The van der Waals surface area contributed by atoms with Gasteiger partial charge in [-0.15, -0.1) is 0 Å². The first-order chi connectivity index (χ1) is 11.3. The molecule has 4 heteroatoms. The first-order valence-corrected chi connectivity index (χ1v) is 8.03. The highest BCUT2D eigenvalue weighted by molar-refractivity contribution is 5.92. The third-order valence-electron chi connectivity index (χ3n) is 4.25. The number of anilines is 1. The average molecular weight is 309 g/mol. The second-order valence-electron chi connectivity index (χ2n) is 5.82. The van der Waals surface area contributed by atoms with Gasteiger partial charge in [-0.25, -0.2) is 0 Å². The molecule has 4 nitrogen and oxygen atoms in total. The van der Waals surface area contributed by atoms with Crippen molar-refractivity contribution in [1.29, 1.82) is 0 Å². The molecule has 0 saturated carbocycles. The largest absolute Gasteiger partial charge is 0.375 e. The predicted octanol–water partition coefficient (Wildman–Crippen LogP) is 3.29. The standard InChI is InChI=1S/C19H23N3O/c1-23-18(15-6-3-2-4-7-15)13-21-19(20)22-17-11-10-14-8-5-9-16(14)12-17/h2-4,6-7,10-12,18H,5,8-9,13H2,1H3,(H3,20,21,22). The molecule has 2 aromatic carbocycles. The number of aryl methyl sites for hydroxylation is 2. The molecule has 0 heterocycles. The van der Waals surface area contributed by atoms with Crippen molar-refractivity contribution < 1.29 is 4.74 Å². The molecule has 0 aliphatic heterocycles. The molecule has 0 spiro atoms. The normalized spacial score (nSPS) is 15.3. The molecule has 3 N–H and O–H groups in total. The van der Waals surface area contributed by atoms with Crippen LogP contribution in [0.25, 0.3) is 0 Å². The number of methoxy groups -OCH3 is 1. The van der Waals surface area contributed by atoms with E-state index in [9.17, 15) is 0 Å². The van der Waals surface area contributed by atoms with Gasteiger partial charge in [0.1, 0.15) is 6.10 Å². The molecule has 1 atom stereocenters. The number of nitrogens with one attached hydrogen (secondary N) is 1. The predicted molar refractivity (Wildman–Crippen MR) is 94.8 cm³/mol. The van der Waals surface area contributed by atoms with Crippen molar-refractivity contribution in [3.05, 3.63) is 65.2 Å². The molecule has 0 amide bonds. The van der Waals surface area contributed by atoms with E-state index >= 15 is 0 Å². The Balaban J connectivity index is 1.63. The molecule has 1 aliphatic carbocycles. The second-order valence-corrected chi connectivity index (χ2v) is 5.82. The van der Waals surface area contributed by atoms with Gasteiger partial charge in [-0.2, -0.15) is 0 Å². The molecule has 0 saturated heterocycles. The van der Waals surface area contributed by atoms with Crippen molar-refractivity contribution in [2.45, 2.75) is 25.4 Å². The maximum atomic E-state index is 6.02. The minimum atomic E-state index is -0.0865. The van der Waals surface area contributed by atoms with Gasteiger partial charge in [-0.05, 0) is 48.1 Å². The van der Waals surface area contributed by atoms with Gasteiger partial charge < -0.3 is 15.8 Å². The first-order valence-electron chi connectivity index (χ1n) is 8.03. The maximum absolute atomic E-state index is 6.02. The van der Waals surface area contributed by atoms with Crippen molar-refractivity contribution >= 4 is 11.6 Å². The van der Waals surface area contributed by atoms with Crippen molar-refractivity contribution in [2.75, 3.05) is 19.0 Å². The van der Waals surface area contributed by atoms with Crippen LogP contribution in [0.15, 0.2) is 53.5 Å². The molecular formula is C19H23N3O. The Hall–Kier alpha value is -2.33. The first kappa shape index (κ1) is 15.6. The Morgan fingerprint density at radius 1 is 1.17 bits per heavy atom. The molecular weight excluding hydrogens is 286 g/mol. The Morgan fingerprint density at radius 3 is 2.74 bits per heavy atom. The molecule has 0 aromatic heterocycles. The van der Waals surface area contributed by atoms with E-state index in [1.165, 1.54) is 24.0 Å². The van der Waals surface area contributed by atoms with Crippen LogP contribution in [0.3, 0.4) is 0 Å². The smallest absolute Gasteiger partial charge is 0.193 e. The molecule has 1 unspecified atom stereocenters. The fourth-order valence-corrected chi connectivity index (χ4v) is 3.00. The fourth-order valence-electron chi connectivity index (χ4n) is 3.00. The molecule has 120 valence electrons. The summed E-state index contributed by atoms with van der Waals surface area (Å²) in [5.41, 5.74) is 11.0. The second kappa shape index (κ2) is 7.29.